The lowest BCUT2D eigenvalue weighted by Gasteiger charge is -2.33. The van der Waals surface area contributed by atoms with Crippen molar-refractivity contribution in [3.8, 4) is 0 Å². The van der Waals surface area contributed by atoms with Gasteiger partial charge in [0.2, 0.25) is 0 Å². The molecule has 1 fully saturated rings. The van der Waals surface area contributed by atoms with Gasteiger partial charge in [0.1, 0.15) is 5.92 Å². The molecule has 1 aromatic carbocycles. The Hall–Kier alpha value is -1.64. The molecule has 3 rings (SSSR count). The average Bonchev–Trinajstić information content (AvgIpc) is 3.05. The molecule has 0 saturated carbocycles. The number of hydrogen-bond donors (Lipinski definition) is 2. The summed E-state index contributed by atoms with van der Waals surface area (Å²) in [5, 5.41) is -1.02. The van der Waals surface area contributed by atoms with Crippen molar-refractivity contribution >= 4 is 21.7 Å². The van der Waals surface area contributed by atoms with Crippen molar-refractivity contribution in [2.75, 3.05) is 24.0 Å². The zero-order chi connectivity index (χ0) is 16.4. The van der Waals surface area contributed by atoms with Crippen LogP contribution >= 0.6 is 0 Å². The number of carbonyl (C=O) groups is 1. The Kier molecular flexibility index (Phi) is 4.56. The average molecular weight is 339 g/mol. The van der Waals surface area contributed by atoms with Gasteiger partial charge in [-0.15, -0.1) is 0 Å². The summed E-state index contributed by atoms with van der Waals surface area (Å²) in [4.78, 5) is 12.0. The molecule has 1 aromatic rings. The number of nitrogens with one attached hydrogen (secondary N) is 2. The van der Waals surface area contributed by atoms with Crippen molar-refractivity contribution in [1.82, 2.24) is 10.9 Å². The first-order chi connectivity index (χ1) is 11.1. The summed E-state index contributed by atoms with van der Waals surface area (Å²) in [6.07, 6.45) is 1.63. The van der Waals surface area contributed by atoms with Crippen molar-refractivity contribution in [3.63, 3.8) is 0 Å². The maximum absolute atomic E-state index is 13.1. The highest BCUT2D eigenvalue weighted by Gasteiger charge is 2.46. The summed E-state index contributed by atoms with van der Waals surface area (Å²) in [7, 11) is -3.73. The van der Waals surface area contributed by atoms with Crippen LogP contribution in [0, 0.1) is 5.92 Å². The molecule has 2 heterocycles. The summed E-state index contributed by atoms with van der Waals surface area (Å²) in [5.74, 6) is -1.25. The highest BCUT2D eigenvalue weighted by atomic mass is 32.2. The normalized spacial score (nSPS) is 24.3. The maximum atomic E-state index is 13.1. The number of anilines is 1. The molecule has 0 amide bonds. The molecule has 0 aromatic heterocycles. The number of sulfonamides is 1. The third-order valence-corrected chi connectivity index (χ3v) is 6.30. The van der Waals surface area contributed by atoms with Crippen molar-refractivity contribution < 1.29 is 17.9 Å². The van der Waals surface area contributed by atoms with E-state index in [-0.39, 0.29) is 13.2 Å². The first-order valence-corrected chi connectivity index (χ1v) is 9.30. The number of carbonyl (C=O) groups excluding carboxylic acids is 1. The van der Waals surface area contributed by atoms with Crippen LogP contribution in [-0.4, -0.2) is 39.5 Å². The summed E-state index contributed by atoms with van der Waals surface area (Å²) in [6.45, 7) is 2.60. The molecule has 1 saturated heterocycles. The minimum absolute atomic E-state index is 0.231. The van der Waals surface area contributed by atoms with Crippen molar-refractivity contribution in [3.05, 3.63) is 29.8 Å². The molecule has 2 aliphatic heterocycles. The van der Waals surface area contributed by atoms with Gasteiger partial charge >= 0.3 is 5.97 Å². The second kappa shape index (κ2) is 6.46. The Morgan fingerprint density at radius 2 is 2.17 bits per heavy atom. The van der Waals surface area contributed by atoms with E-state index in [2.05, 4.69) is 10.9 Å². The summed E-state index contributed by atoms with van der Waals surface area (Å²) in [5.41, 5.74) is 7.23. The molecule has 7 nitrogen and oxygen atoms in total. The van der Waals surface area contributed by atoms with E-state index in [0.717, 1.165) is 18.4 Å². The molecular weight excluding hydrogens is 318 g/mol. The molecule has 0 bridgehead atoms. The quantitative estimate of drug-likeness (QED) is 0.771. The third-order valence-electron chi connectivity index (χ3n) is 4.22. The van der Waals surface area contributed by atoms with Crippen molar-refractivity contribution in [2.45, 2.75) is 25.1 Å². The first-order valence-electron chi connectivity index (χ1n) is 7.80. The predicted molar refractivity (Wildman–Crippen MR) is 86.1 cm³/mol. The van der Waals surface area contributed by atoms with Crippen molar-refractivity contribution in [2.24, 2.45) is 5.92 Å². The van der Waals surface area contributed by atoms with Gasteiger partial charge in [0.15, 0.2) is 5.37 Å². The molecule has 2 N–H and O–H groups in total. The molecule has 2 aliphatic rings. The van der Waals surface area contributed by atoms with E-state index >= 15 is 0 Å². The maximum Gasteiger partial charge on any atom is 0.313 e. The second-order valence-corrected chi connectivity index (χ2v) is 7.63. The van der Waals surface area contributed by atoms with Crippen LogP contribution in [0.5, 0.6) is 0 Å². The topological polar surface area (TPSA) is 87.7 Å². The molecule has 126 valence electrons. The molecular formula is C15H21N3O4S. The fourth-order valence-electron chi connectivity index (χ4n) is 3.12. The number of hydrazine groups is 1. The highest BCUT2D eigenvalue weighted by molar-refractivity contribution is 7.93. The van der Waals surface area contributed by atoms with Crippen LogP contribution in [0.1, 0.15) is 18.9 Å². The fraction of sp³-hybridized carbons (Fsp3) is 0.533. The van der Waals surface area contributed by atoms with Crippen LogP contribution in [0.4, 0.5) is 5.69 Å². The number of rotatable bonds is 4. The zero-order valence-corrected chi connectivity index (χ0v) is 13.8. The van der Waals surface area contributed by atoms with Crippen molar-refractivity contribution in [1.29, 1.82) is 0 Å². The predicted octanol–water partition coefficient (Wildman–Crippen LogP) is 0.382. The molecule has 2 unspecified atom stereocenters. The smallest absolute Gasteiger partial charge is 0.313 e. The van der Waals surface area contributed by atoms with Gasteiger partial charge in [-0.2, -0.15) is 0 Å². The van der Waals surface area contributed by atoms with Gasteiger partial charge in [-0.25, -0.2) is 13.8 Å². The Morgan fingerprint density at radius 3 is 2.96 bits per heavy atom. The summed E-state index contributed by atoms with van der Waals surface area (Å²) >= 11 is 0. The molecule has 0 radical (unpaired) electrons. The number of esters is 1. The van der Waals surface area contributed by atoms with Gasteiger partial charge in [-0.1, -0.05) is 18.2 Å². The van der Waals surface area contributed by atoms with Gasteiger partial charge in [0.05, 0.1) is 12.3 Å². The largest absolute Gasteiger partial charge is 0.466 e. The van der Waals surface area contributed by atoms with Crippen LogP contribution < -0.4 is 15.2 Å². The number of hydrogen-bond acceptors (Lipinski definition) is 6. The van der Waals surface area contributed by atoms with E-state index in [9.17, 15) is 13.2 Å². The standard InChI is InChI=1S/C15H21N3O4S/c1-2-22-15(19)12-10-16-17-14(12)23(20,21)18-9-5-7-11-6-3-4-8-13(11)18/h3-4,6,8,12,14,16-17H,2,5,7,9-10H2,1H3. The summed E-state index contributed by atoms with van der Waals surface area (Å²) in [6, 6.07) is 7.50. The van der Waals surface area contributed by atoms with Gasteiger partial charge in [0.25, 0.3) is 10.0 Å². The van der Waals surface area contributed by atoms with Crippen LogP contribution in [0.3, 0.4) is 0 Å². The number of nitrogens with zero attached hydrogens (tertiary/aromatic N) is 1. The Balaban J connectivity index is 1.91. The Morgan fingerprint density at radius 1 is 1.39 bits per heavy atom. The van der Waals surface area contributed by atoms with Crippen LogP contribution in [0.2, 0.25) is 0 Å². The molecule has 2 atom stereocenters. The van der Waals surface area contributed by atoms with E-state index in [4.69, 9.17) is 4.74 Å². The minimum atomic E-state index is -3.73. The number of ether oxygens (including phenoxy) is 1. The lowest BCUT2D eigenvalue weighted by molar-refractivity contribution is -0.147. The number of fused-ring (bicyclic) bond motifs is 1. The van der Waals surface area contributed by atoms with Crippen LogP contribution in [0.25, 0.3) is 0 Å². The van der Waals surface area contributed by atoms with E-state index in [0.29, 0.717) is 12.2 Å². The van der Waals surface area contributed by atoms with Crippen LogP contribution in [-0.2, 0) is 26.0 Å². The fourth-order valence-corrected chi connectivity index (χ4v) is 5.08. The Bertz CT molecular complexity index is 692. The number of benzene rings is 1. The van der Waals surface area contributed by atoms with Gasteiger partial charge in [0, 0.05) is 13.1 Å². The monoisotopic (exact) mass is 339 g/mol. The highest BCUT2D eigenvalue weighted by Crippen LogP contribution is 2.32. The SMILES string of the molecule is CCOC(=O)C1CNNC1S(=O)(=O)N1CCCc2ccccc21. The van der Waals surface area contributed by atoms with Gasteiger partial charge in [-0.05, 0) is 31.4 Å². The van der Waals surface area contributed by atoms with Gasteiger partial charge in [-0.3, -0.25) is 14.5 Å². The first kappa shape index (κ1) is 16.2. The zero-order valence-electron chi connectivity index (χ0n) is 13.0. The molecule has 8 heteroatoms. The molecule has 0 aliphatic carbocycles. The van der Waals surface area contributed by atoms with Crippen LogP contribution in [0.15, 0.2) is 24.3 Å². The molecule has 0 spiro atoms. The minimum Gasteiger partial charge on any atom is -0.466 e. The van der Waals surface area contributed by atoms with Gasteiger partial charge < -0.3 is 4.74 Å². The third kappa shape index (κ3) is 2.93. The van der Waals surface area contributed by atoms with E-state index in [1.807, 2.05) is 24.3 Å². The number of para-hydroxylation sites is 1. The van der Waals surface area contributed by atoms with E-state index < -0.39 is 27.3 Å². The number of aryl methyl sites for hydroxylation is 1. The van der Waals surface area contributed by atoms with E-state index in [1.54, 1.807) is 6.92 Å². The lowest BCUT2D eigenvalue weighted by Crippen LogP contribution is -2.50. The Labute approximate surface area is 136 Å². The lowest BCUT2D eigenvalue weighted by atomic mass is 10.0. The van der Waals surface area contributed by atoms with E-state index in [1.165, 1.54) is 4.31 Å². The molecule has 23 heavy (non-hydrogen) atoms. The summed E-state index contributed by atoms with van der Waals surface area (Å²) < 4.78 is 32.6. The second-order valence-electron chi connectivity index (χ2n) is 5.65.